The number of amides is 1. The summed E-state index contributed by atoms with van der Waals surface area (Å²) < 4.78 is 5.15. The van der Waals surface area contributed by atoms with Gasteiger partial charge in [0.2, 0.25) is 5.91 Å². The normalized spacial score (nSPS) is 19.1. The van der Waals surface area contributed by atoms with Crippen LogP contribution in [0.25, 0.3) is 0 Å². The van der Waals surface area contributed by atoms with Crippen LogP contribution in [0.4, 0.5) is 0 Å². The van der Waals surface area contributed by atoms with Crippen molar-refractivity contribution in [2.75, 3.05) is 7.11 Å². The van der Waals surface area contributed by atoms with Gasteiger partial charge in [0, 0.05) is 0 Å². The highest BCUT2D eigenvalue weighted by molar-refractivity contribution is 8.15. The molecular weight excluding hydrogens is 334 g/mol. The van der Waals surface area contributed by atoms with E-state index in [9.17, 15) is 4.79 Å². The van der Waals surface area contributed by atoms with Crippen molar-refractivity contribution in [2.24, 2.45) is 10.2 Å². The molecule has 25 heavy (non-hydrogen) atoms. The van der Waals surface area contributed by atoms with E-state index in [1.807, 2.05) is 61.5 Å². The zero-order valence-electron chi connectivity index (χ0n) is 14.1. The molecule has 1 aliphatic heterocycles. The van der Waals surface area contributed by atoms with Gasteiger partial charge in [-0.1, -0.05) is 54.2 Å². The van der Waals surface area contributed by atoms with Crippen molar-refractivity contribution in [2.45, 2.75) is 18.6 Å². The number of hydrogen-bond donors (Lipinski definition) is 1. The average molecular weight is 353 g/mol. The van der Waals surface area contributed by atoms with E-state index in [0.717, 1.165) is 22.6 Å². The summed E-state index contributed by atoms with van der Waals surface area (Å²) in [4.78, 5) is 12.1. The van der Waals surface area contributed by atoms with Crippen molar-refractivity contribution in [3.63, 3.8) is 0 Å². The van der Waals surface area contributed by atoms with Crippen molar-refractivity contribution < 1.29 is 9.53 Å². The van der Waals surface area contributed by atoms with Gasteiger partial charge in [0.05, 0.1) is 18.1 Å². The van der Waals surface area contributed by atoms with Gasteiger partial charge in [-0.05, 0) is 36.6 Å². The maximum absolute atomic E-state index is 12.1. The first kappa shape index (κ1) is 17.2. The molecule has 1 aliphatic rings. The molecule has 1 heterocycles. The molecule has 0 spiro atoms. The second kappa shape index (κ2) is 7.98. The molecule has 6 heteroatoms. The Kier molecular flexibility index (Phi) is 5.50. The van der Waals surface area contributed by atoms with Gasteiger partial charge in [-0.3, -0.25) is 4.79 Å². The number of methoxy groups -OCH3 is 1. The van der Waals surface area contributed by atoms with E-state index in [0.29, 0.717) is 11.6 Å². The van der Waals surface area contributed by atoms with Gasteiger partial charge in [0.25, 0.3) is 0 Å². The number of benzene rings is 2. The highest BCUT2D eigenvalue weighted by Crippen LogP contribution is 2.24. The summed E-state index contributed by atoms with van der Waals surface area (Å²) in [7, 11) is 1.63. The molecule has 1 atom stereocenters. The number of ether oxygens (including phenoxy) is 1. The van der Waals surface area contributed by atoms with E-state index < -0.39 is 0 Å². The Morgan fingerprint density at radius 3 is 2.56 bits per heavy atom. The molecule has 0 saturated carbocycles. The quantitative estimate of drug-likeness (QED) is 0.663. The average Bonchev–Trinajstić information content (AvgIpc) is 3.00. The summed E-state index contributed by atoms with van der Waals surface area (Å²) in [6.07, 6.45) is 0.640. The van der Waals surface area contributed by atoms with Crippen LogP contribution < -0.4 is 10.1 Å². The Hall–Kier alpha value is -2.60. The molecule has 1 fully saturated rings. The van der Waals surface area contributed by atoms with Crippen molar-refractivity contribution in [3.05, 3.63) is 65.7 Å². The van der Waals surface area contributed by atoms with Crippen LogP contribution in [0.15, 0.2) is 64.8 Å². The van der Waals surface area contributed by atoms with Crippen molar-refractivity contribution in [1.82, 2.24) is 5.32 Å². The lowest BCUT2D eigenvalue weighted by Crippen LogP contribution is -2.25. The molecule has 1 amide bonds. The highest BCUT2D eigenvalue weighted by Gasteiger charge is 2.30. The van der Waals surface area contributed by atoms with Gasteiger partial charge in [-0.2, -0.15) is 5.10 Å². The fraction of sp³-hybridized carbons (Fsp3) is 0.211. The summed E-state index contributed by atoms with van der Waals surface area (Å²) in [5.41, 5.74) is 2.90. The van der Waals surface area contributed by atoms with Gasteiger partial charge in [-0.15, -0.1) is 5.10 Å². The third-order valence-electron chi connectivity index (χ3n) is 3.84. The van der Waals surface area contributed by atoms with Gasteiger partial charge < -0.3 is 10.1 Å². The van der Waals surface area contributed by atoms with E-state index in [-0.39, 0.29) is 11.2 Å². The van der Waals surface area contributed by atoms with E-state index in [4.69, 9.17) is 4.74 Å². The molecule has 0 bridgehead atoms. The lowest BCUT2D eigenvalue weighted by atomic mass is 10.1. The summed E-state index contributed by atoms with van der Waals surface area (Å²) in [5.74, 6) is 0.771. The molecule has 0 aliphatic carbocycles. The topological polar surface area (TPSA) is 63.1 Å². The van der Waals surface area contributed by atoms with Crippen molar-refractivity contribution >= 4 is 28.5 Å². The fourth-order valence-corrected chi connectivity index (χ4v) is 3.38. The summed E-state index contributed by atoms with van der Waals surface area (Å²) in [5, 5.41) is 11.6. The third-order valence-corrected chi connectivity index (χ3v) is 4.91. The fourth-order valence-electron chi connectivity index (χ4n) is 2.42. The summed E-state index contributed by atoms with van der Waals surface area (Å²) in [6.45, 7) is 1.90. The Balaban J connectivity index is 1.65. The van der Waals surface area contributed by atoms with E-state index >= 15 is 0 Å². The van der Waals surface area contributed by atoms with E-state index in [1.54, 1.807) is 7.11 Å². The predicted octanol–water partition coefficient (Wildman–Crippen LogP) is 3.25. The number of nitrogens with one attached hydrogen (secondary N) is 1. The lowest BCUT2D eigenvalue weighted by molar-refractivity contribution is -0.118. The van der Waals surface area contributed by atoms with Gasteiger partial charge >= 0.3 is 0 Å². The zero-order valence-corrected chi connectivity index (χ0v) is 14.9. The van der Waals surface area contributed by atoms with Crippen molar-refractivity contribution in [3.8, 4) is 5.75 Å². The number of nitrogens with zero attached hydrogens (tertiary/aromatic N) is 2. The monoisotopic (exact) mass is 353 g/mol. The number of carbonyl (C=O) groups excluding carboxylic acids is 1. The number of amidine groups is 1. The van der Waals surface area contributed by atoms with Gasteiger partial charge in [0.1, 0.15) is 5.75 Å². The van der Waals surface area contributed by atoms with Crippen LogP contribution in [-0.4, -0.2) is 29.1 Å². The maximum Gasteiger partial charge on any atom is 0.239 e. The Morgan fingerprint density at radius 2 is 1.88 bits per heavy atom. The SMILES string of the molecule is COc1ccc(CC2SC(=NN=C(C)c3ccccc3)NC2=O)cc1. The smallest absolute Gasteiger partial charge is 0.239 e. The molecule has 128 valence electrons. The summed E-state index contributed by atoms with van der Waals surface area (Å²) >= 11 is 1.41. The van der Waals surface area contributed by atoms with E-state index in [2.05, 4.69) is 15.5 Å². The van der Waals surface area contributed by atoms with Crippen LogP contribution in [0.3, 0.4) is 0 Å². The first-order valence-electron chi connectivity index (χ1n) is 7.94. The standard InChI is InChI=1S/C19H19N3O2S/c1-13(15-6-4-3-5-7-15)21-22-19-20-18(23)17(25-19)12-14-8-10-16(24-2)11-9-14/h3-11,17H,12H2,1-2H3,(H,20,22,23). The summed E-state index contributed by atoms with van der Waals surface area (Å²) in [6, 6.07) is 17.6. The first-order chi connectivity index (χ1) is 12.2. The minimum absolute atomic E-state index is 0.0351. The molecule has 1 unspecified atom stereocenters. The second-order valence-corrected chi connectivity index (χ2v) is 6.80. The molecule has 0 aromatic heterocycles. The number of rotatable bonds is 5. The predicted molar refractivity (Wildman–Crippen MR) is 102 cm³/mol. The Labute approximate surface area is 151 Å². The lowest BCUT2D eigenvalue weighted by Gasteiger charge is -2.06. The van der Waals surface area contributed by atoms with Gasteiger partial charge in [-0.25, -0.2) is 0 Å². The Morgan fingerprint density at radius 1 is 1.16 bits per heavy atom. The van der Waals surface area contributed by atoms with Crippen LogP contribution in [0.2, 0.25) is 0 Å². The molecule has 1 N–H and O–H groups in total. The maximum atomic E-state index is 12.1. The largest absolute Gasteiger partial charge is 0.497 e. The highest BCUT2D eigenvalue weighted by atomic mass is 32.2. The molecule has 0 radical (unpaired) electrons. The Bertz CT molecular complexity index is 801. The molecular formula is C19H19N3O2S. The molecule has 5 nitrogen and oxygen atoms in total. The number of hydrogen-bond acceptors (Lipinski definition) is 5. The minimum Gasteiger partial charge on any atom is -0.497 e. The molecule has 3 rings (SSSR count). The van der Waals surface area contributed by atoms with Crippen LogP contribution in [-0.2, 0) is 11.2 Å². The molecule has 2 aromatic rings. The van der Waals surface area contributed by atoms with Gasteiger partial charge in [0.15, 0.2) is 5.17 Å². The molecule has 2 aromatic carbocycles. The van der Waals surface area contributed by atoms with Crippen LogP contribution in [0.1, 0.15) is 18.1 Å². The van der Waals surface area contributed by atoms with Crippen molar-refractivity contribution in [1.29, 1.82) is 0 Å². The van der Waals surface area contributed by atoms with Crippen LogP contribution in [0.5, 0.6) is 5.75 Å². The molecule has 1 saturated heterocycles. The number of thioether (sulfide) groups is 1. The number of carbonyl (C=O) groups is 1. The third kappa shape index (κ3) is 4.48. The van der Waals surface area contributed by atoms with E-state index in [1.165, 1.54) is 11.8 Å². The van der Waals surface area contributed by atoms with Crippen LogP contribution >= 0.6 is 11.8 Å². The first-order valence-corrected chi connectivity index (χ1v) is 8.82. The minimum atomic E-state index is -0.195. The zero-order chi connectivity index (χ0) is 17.6. The van der Waals surface area contributed by atoms with Crippen LogP contribution in [0, 0.1) is 0 Å². The second-order valence-electron chi connectivity index (χ2n) is 5.60.